The minimum absolute atomic E-state index is 0.988. The standard InChI is InChI=1S/C30H26N3/c1-19-16-20(2)21(3)26(17-19)29-27-18-23(12-11-22(27)13-15-32(29)4)33-28-10-6-5-8-24(28)25-9-7-14-31-30(25)33/h5-18H,1-4H3/q+1. The monoisotopic (exact) mass is 428 g/mol. The molecule has 0 saturated carbocycles. The zero-order valence-electron chi connectivity index (χ0n) is 19.4. The fraction of sp³-hybridized carbons (Fsp3) is 0.133. The fourth-order valence-electron chi connectivity index (χ4n) is 5.17. The van der Waals surface area contributed by atoms with Crippen molar-refractivity contribution in [2.75, 3.05) is 0 Å². The average Bonchev–Trinajstić information content (AvgIpc) is 3.16. The summed E-state index contributed by atoms with van der Waals surface area (Å²) >= 11 is 0. The molecule has 0 spiro atoms. The number of benzene rings is 3. The van der Waals surface area contributed by atoms with Gasteiger partial charge in [-0.3, -0.25) is 4.57 Å². The second kappa shape index (κ2) is 7.28. The third-order valence-corrected chi connectivity index (χ3v) is 6.88. The van der Waals surface area contributed by atoms with Crippen LogP contribution in [-0.2, 0) is 7.05 Å². The molecule has 6 rings (SSSR count). The molecule has 0 bridgehead atoms. The third-order valence-electron chi connectivity index (χ3n) is 6.88. The molecule has 0 aliphatic carbocycles. The molecule has 3 aromatic carbocycles. The quantitative estimate of drug-likeness (QED) is 0.280. The minimum atomic E-state index is 0.988. The molecule has 3 nitrogen and oxygen atoms in total. The second-order valence-electron chi connectivity index (χ2n) is 9.03. The van der Waals surface area contributed by atoms with Crippen LogP contribution in [-0.4, -0.2) is 9.55 Å². The summed E-state index contributed by atoms with van der Waals surface area (Å²) in [6.07, 6.45) is 4.04. The van der Waals surface area contributed by atoms with E-state index in [9.17, 15) is 0 Å². The molecule has 0 fully saturated rings. The molecule has 0 atom stereocenters. The van der Waals surface area contributed by atoms with Crippen molar-refractivity contribution in [3.8, 4) is 16.9 Å². The predicted octanol–water partition coefficient (Wildman–Crippen LogP) is 6.75. The fourth-order valence-corrected chi connectivity index (χ4v) is 5.17. The molecule has 3 aromatic heterocycles. The van der Waals surface area contributed by atoms with Gasteiger partial charge in [0, 0.05) is 28.7 Å². The zero-order valence-corrected chi connectivity index (χ0v) is 19.4. The number of nitrogens with zero attached hydrogens (tertiary/aromatic N) is 3. The highest BCUT2D eigenvalue weighted by Gasteiger charge is 2.20. The van der Waals surface area contributed by atoms with Gasteiger partial charge in [-0.1, -0.05) is 35.9 Å². The second-order valence-corrected chi connectivity index (χ2v) is 9.03. The molecule has 3 heterocycles. The van der Waals surface area contributed by atoms with Crippen molar-refractivity contribution >= 4 is 32.7 Å². The molecule has 6 aromatic rings. The summed E-state index contributed by atoms with van der Waals surface area (Å²) in [6.45, 7) is 6.60. The first-order valence-corrected chi connectivity index (χ1v) is 11.4. The van der Waals surface area contributed by atoms with Crippen LogP contribution in [0.15, 0.2) is 85.2 Å². The van der Waals surface area contributed by atoms with E-state index in [2.05, 4.69) is 110 Å². The van der Waals surface area contributed by atoms with Crippen molar-refractivity contribution in [1.82, 2.24) is 9.55 Å². The largest absolute Gasteiger partial charge is 0.294 e. The lowest BCUT2D eigenvalue weighted by Gasteiger charge is -2.13. The Morgan fingerprint density at radius 1 is 0.788 bits per heavy atom. The molecule has 0 radical (unpaired) electrons. The van der Waals surface area contributed by atoms with E-state index in [0.717, 1.165) is 11.3 Å². The highest BCUT2D eigenvalue weighted by Crippen LogP contribution is 2.34. The van der Waals surface area contributed by atoms with E-state index in [1.54, 1.807) is 0 Å². The van der Waals surface area contributed by atoms with Gasteiger partial charge in [-0.25, -0.2) is 9.55 Å². The Kier molecular flexibility index (Phi) is 4.34. The average molecular weight is 429 g/mol. The molecule has 0 amide bonds. The van der Waals surface area contributed by atoms with E-state index in [-0.39, 0.29) is 0 Å². The predicted molar refractivity (Wildman–Crippen MR) is 137 cm³/mol. The van der Waals surface area contributed by atoms with Gasteiger partial charge in [0.25, 0.3) is 0 Å². The molecule has 160 valence electrons. The number of para-hydroxylation sites is 1. The smallest absolute Gasteiger partial charge is 0.220 e. The van der Waals surface area contributed by atoms with Gasteiger partial charge in [0.2, 0.25) is 5.69 Å². The third kappa shape index (κ3) is 2.96. The van der Waals surface area contributed by atoms with E-state index in [1.165, 1.54) is 55.0 Å². The molecular formula is C30H26N3+. The molecule has 0 unspecified atom stereocenters. The van der Waals surface area contributed by atoms with Gasteiger partial charge in [-0.15, -0.1) is 0 Å². The number of rotatable bonds is 2. The van der Waals surface area contributed by atoms with E-state index in [4.69, 9.17) is 4.98 Å². The van der Waals surface area contributed by atoms with Crippen LogP contribution in [0.5, 0.6) is 0 Å². The Hall–Kier alpha value is -3.98. The van der Waals surface area contributed by atoms with Crippen LogP contribution in [0.25, 0.3) is 49.7 Å². The van der Waals surface area contributed by atoms with Crippen molar-refractivity contribution in [3.05, 3.63) is 102 Å². The Balaban J connectivity index is 1.71. The lowest BCUT2D eigenvalue weighted by Crippen LogP contribution is -2.30. The Morgan fingerprint density at radius 2 is 1.61 bits per heavy atom. The number of aromatic nitrogens is 3. The highest BCUT2D eigenvalue weighted by molar-refractivity contribution is 6.08. The van der Waals surface area contributed by atoms with Crippen LogP contribution in [0.3, 0.4) is 0 Å². The van der Waals surface area contributed by atoms with E-state index < -0.39 is 0 Å². The number of fused-ring (bicyclic) bond motifs is 4. The molecular weight excluding hydrogens is 402 g/mol. The summed E-state index contributed by atoms with van der Waals surface area (Å²) in [4.78, 5) is 4.77. The van der Waals surface area contributed by atoms with Gasteiger partial charge in [-0.2, -0.15) is 0 Å². The molecule has 0 aliphatic heterocycles. The van der Waals surface area contributed by atoms with Crippen molar-refractivity contribution in [3.63, 3.8) is 0 Å². The zero-order chi connectivity index (χ0) is 22.7. The maximum Gasteiger partial charge on any atom is 0.220 e. The summed E-state index contributed by atoms with van der Waals surface area (Å²) in [5.41, 5.74) is 9.76. The van der Waals surface area contributed by atoms with E-state index in [1.807, 2.05) is 12.3 Å². The van der Waals surface area contributed by atoms with Gasteiger partial charge >= 0.3 is 0 Å². The lowest BCUT2D eigenvalue weighted by atomic mass is 9.94. The van der Waals surface area contributed by atoms with Crippen LogP contribution < -0.4 is 4.57 Å². The number of hydrogen-bond acceptors (Lipinski definition) is 1. The van der Waals surface area contributed by atoms with Crippen LogP contribution in [0, 0.1) is 20.8 Å². The van der Waals surface area contributed by atoms with Gasteiger partial charge < -0.3 is 0 Å². The first-order chi connectivity index (χ1) is 16.0. The van der Waals surface area contributed by atoms with Crippen molar-refractivity contribution in [2.24, 2.45) is 7.05 Å². The lowest BCUT2D eigenvalue weighted by molar-refractivity contribution is -0.659. The van der Waals surface area contributed by atoms with Gasteiger partial charge in [0.05, 0.1) is 16.5 Å². The summed E-state index contributed by atoms with van der Waals surface area (Å²) in [7, 11) is 2.14. The van der Waals surface area contributed by atoms with Crippen LogP contribution in [0.2, 0.25) is 0 Å². The molecule has 0 N–H and O–H groups in total. The van der Waals surface area contributed by atoms with E-state index in [0.29, 0.717) is 0 Å². The van der Waals surface area contributed by atoms with E-state index >= 15 is 0 Å². The highest BCUT2D eigenvalue weighted by atomic mass is 15.0. The maximum atomic E-state index is 4.77. The molecule has 0 saturated heterocycles. The van der Waals surface area contributed by atoms with Crippen molar-refractivity contribution < 1.29 is 4.57 Å². The summed E-state index contributed by atoms with van der Waals surface area (Å²) in [5.74, 6) is 0. The minimum Gasteiger partial charge on any atom is -0.294 e. The molecule has 33 heavy (non-hydrogen) atoms. The van der Waals surface area contributed by atoms with Crippen LogP contribution >= 0.6 is 0 Å². The summed E-state index contributed by atoms with van der Waals surface area (Å²) in [6, 6.07) is 26.3. The SMILES string of the molecule is Cc1cc(C)c(C)c(-c2c3cc(-n4c5ccccc5c5cccnc54)ccc3cc[n+]2C)c1. The number of pyridine rings is 2. The number of aryl methyl sites for hydroxylation is 3. The summed E-state index contributed by atoms with van der Waals surface area (Å²) < 4.78 is 4.53. The maximum absolute atomic E-state index is 4.77. The Bertz CT molecular complexity index is 1650. The Labute approximate surface area is 193 Å². The Morgan fingerprint density at radius 3 is 2.48 bits per heavy atom. The molecule has 3 heteroatoms. The van der Waals surface area contributed by atoms with Gasteiger partial charge in [0.1, 0.15) is 12.7 Å². The number of hydrogen-bond donors (Lipinski definition) is 0. The van der Waals surface area contributed by atoms with Crippen LogP contribution in [0.1, 0.15) is 16.7 Å². The van der Waals surface area contributed by atoms with Gasteiger partial charge in [-0.05, 0) is 73.7 Å². The van der Waals surface area contributed by atoms with Crippen molar-refractivity contribution in [2.45, 2.75) is 20.8 Å². The van der Waals surface area contributed by atoms with Crippen LogP contribution in [0.4, 0.5) is 0 Å². The normalized spacial score (nSPS) is 11.6. The van der Waals surface area contributed by atoms with Crippen molar-refractivity contribution in [1.29, 1.82) is 0 Å². The first-order valence-electron chi connectivity index (χ1n) is 11.4. The topological polar surface area (TPSA) is 21.7 Å². The molecule has 0 aliphatic rings. The van der Waals surface area contributed by atoms with Gasteiger partial charge in [0.15, 0.2) is 6.20 Å². The first kappa shape index (κ1) is 19.7. The summed E-state index contributed by atoms with van der Waals surface area (Å²) in [5, 5.41) is 4.88.